The molecule has 1 atom stereocenters. The molecule has 0 amide bonds. The van der Waals surface area contributed by atoms with Crippen LogP contribution in [0.2, 0.25) is 0 Å². The van der Waals surface area contributed by atoms with Crippen molar-refractivity contribution in [2.45, 2.75) is 32.3 Å². The van der Waals surface area contributed by atoms with Gasteiger partial charge in [-0.1, -0.05) is 18.2 Å². The molecule has 1 aliphatic rings. The molecule has 1 fully saturated rings. The first-order valence-corrected chi connectivity index (χ1v) is 10.5. The molecule has 0 aliphatic heterocycles. The molecule has 0 radical (unpaired) electrons. The van der Waals surface area contributed by atoms with Crippen molar-refractivity contribution in [3.8, 4) is 0 Å². The minimum absolute atomic E-state index is 0.437. The number of halogens is 7. The van der Waals surface area contributed by atoms with Crippen LogP contribution in [0.25, 0.3) is 4.98 Å². The van der Waals surface area contributed by atoms with Gasteiger partial charge in [-0.25, -0.2) is 0 Å². The van der Waals surface area contributed by atoms with Gasteiger partial charge < -0.3 is 9.79 Å². The lowest BCUT2D eigenvalue weighted by Gasteiger charge is -2.37. The number of benzene rings is 1. The maximum atomic E-state index is 10.2. The first kappa shape index (κ1) is 25.5. The molecule has 0 aromatic heterocycles. The predicted molar refractivity (Wildman–Crippen MR) is 100.0 cm³/mol. The summed E-state index contributed by atoms with van der Waals surface area (Å²) in [7, 11) is -5.39. The van der Waals surface area contributed by atoms with Crippen molar-refractivity contribution in [1.82, 2.24) is 0 Å². The normalized spacial score (nSPS) is 33.4. The second kappa shape index (κ2) is 12.0. The highest BCUT2D eigenvalue weighted by molar-refractivity contribution is 7.44. The summed E-state index contributed by atoms with van der Waals surface area (Å²) in [5.74, 6) is 0. The Balaban J connectivity index is 0.000000382. The van der Waals surface area contributed by atoms with E-state index >= 15 is 0 Å². The average molecular weight is 495 g/mol. The van der Waals surface area contributed by atoms with Crippen LogP contribution >= 0.6 is 77.5 Å². The molecule has 2 rings (SSSR count). The molecule has 13 heteroatoms. The van der Waals surface area contributed by atoms with Crippen molar-refractivity contribution in [2.75, 3.05) is 0 Å². The predicted octanol–water partition coefficient (Wildman–Crippen LogP) is 5.23. The lowest BCUT2D eigenvalue weighted by molar-refractivity contribution is -0.206. The molecule has 0 bridgehead atoms. The summed E-state index contributed by atoms with van der Waals surface area (Å²) in [6.07, 6.45) is 0. The highest BCUT2D eigenvalue weighted by atomic mass is 35.5. The first-order chi connectivity index (χ1) is 11.4. The summed E-state index contributed by atoms with van der Waals surface area (Å²) in [4.78, 5) is 18.4. The summed E-state index contributed by atoms with van der Waals surface area (Å²) in [6.45, 7) is 0. The van der Waals surface area contributed by atoms with Crippen LogP contribution in [-0.4, -0.2) is 37.2 Å². The molecule has 1 aliphatic carbocycles. The third kappa shape index (κ3) is 10.4. The molecule has 1 saturated carbocycles. The first-order valence-electron chi connectivity index (χ1n) is 6.38. The van der Waals surface area contributed by atoms with E-state index in [1.807, 2.05) is 18.2 Å². The third-order valence-corrected chi connectivity index (χ3v) is 6.73. The highest BCUT2D eigenvalue weighted by Gasteiger charge is 2.46. The molecule has 25 heavy (non-hydrogen) atoms. The minimum Gasteiger partial charge on any atom is -0.753 e. The van der Waals surface area contributed by atoms with E-state index in [9.17, 15) is 4.20 Å². The van der Waals surface area contributed by atoms with Gasteiger partial charge in [-0.2, -0.15) is 4.20 Å². The van der Waals surface area contributed by atoms with Gasteiger partial charge in [0.2, 0.25) is 5.39 Å². The largest absolute Gasteiger partial charge is 0.753 e. The van der Waals surface area contributed by atoms with Gasteiger partial charge in [0.1, 0.15) is 0 Å². The van der Waals surface area contributed by atoms with Crippen LogP contribution in [-0.2, 0) is 4.57 Å². The van der Waals surface area contributed by atoms with E-state index in [1.54, 1.807) is 12.1 Å². The van der Waals surface area contributed by atoms with Gasteiger partial charge in [0.25, 0.3) is 0 Å². The van der Waals surface area contributed by atoms with Crippen molar-refractivity contribution < 1.29 is 18.5 Å². The fourth-order valence-electron chi connectivity index (χ4n) is 1.55. The average Bonchev–Trinajstić information content (AvgIpc) is 2.56. The van der Waals surface area contributed by atoms with Crippen molar-refractivity contribution in [1.29, 1.82) is 5.39 Å². The zero-order valence-corrected chi connectivity index (χ0v) is 17.5. The van der Waals surface area contributed by atoms with Gasteiger partial charge in [0.15, 0.2) is 4.98 Å². The van der Waals surface area contributed by atoms with Crippen LogP contribution in [0.1, 0.15) is 0 Å². The van der Waals surface area contributed by atoms with E-state index in [0.29, 0.717) is 5.69 Å². The Hall–Kier alpha value is 0.460. The van der Waals surface area contributed by atoms with E-state index in [-0.39, 0.29) is 0 Å². The van der Waals surface area contributed by atoms with Crippen LogP contribution < -0.4 is 4.89 Å². The van der Waals surface area contributed by atoms with Crippen molar-refractivity contribution >= 4 is 83.2 Å². The maximum absolute atomic E-state index is 10.2. The molecule has 1 N–H and O–H groups in total. The molecule has 0 spiro atoms. The van der Waals surface area contributed by atoms with Gasteiger partial charge in [-0.05, 0) is 0 Å². The van der Waals surface area contributed by atoms with Crippen molar-refractivity contribution in [2.24, 2.45) is 0 Å². The Morgan fingerprint density at radius 1 is 0.920 bits per heavy atom. The Labute approximate surface area is 174 Å². The van der Waals surface area contributed by atoms with Gasteiger partial charge >= 0.3 is 13.6 Å². The Morgan fingerprint density at radius 2 is 1.16 bits per heavy atom. The van der Waals surface area contributed by atoms with E-state index in [4.69, 9.17) is 89.4 Å². The summed E-state index contributed by atoms with van der Waals surface area (Å²) in [5.41, 5.74) is 0.590. The van der Waals surface area contributed by atoms with Crippen LogP contribution in [0, 0.1) is 5.39 Å². The number of diazo groups is 1. The lowest BCUT2D eigenvalue weighted by Crippen LogP contribution is -2.52. The number of hydrogen-bond donors (Lipinski definition) is 1. The minimum atomic E-state index is -5.39. The smallest absolute Gasteiger partial charge is 0.385 e. The molecule has 0 saturated heterocycles. The maximum Gasteiger partial charge on any atom is 0.385 e. The number of alkyl halides is 6. The molecule has 1 aromatic rings. The van der Waals surface area contributed by atoms with Crippen molar-refractivity contribution in [3.05, 3.63) is 35.3 Å². The van der Waals surface area contributed by atoms with Crippen molar-refractivity contribution in [3.63, 3.8) is 0 Å². The SMILES string of the molecule is ClC1C(Cl)C(Cl)C(Cl)C(Cl)C1Cl.N#[N+]c1ccccc1.O=P([O-])(O)F. The zero-order chi connectivity index (χ0) is 19.8. The van der Waals surface area contributed by atoms with E-state index < -0.39 is 40.2 Å². The Bertz CT molecular complexity index is 537. The second-order valence-electron chi connectivity index (χ2n) is 4.55. The Kier molecular flexibility index (Phi) is 12.2. The van der Waals surface area contributed by atoms with E-state index in [1.165, 1.54) is 0 Å². The second-order valence-corrected chi connectivity index (χ2v) is 8.48. The molecular weight excluding hydrogens is 483 g/mol. The standard InChI is InChI=1S/C6H6Cl6.C6H5N2.FH2O3P/c7-1-2(8)4(10)6(12)5(11)3(1)9;7-8-6-4-2-1-3-5-6;1-5(2,3)4/h1-6H;1-5H;(H2,2,3,4)/q;+1;/p-1. The molecule has 0 heterocycles. The topological polar surface area (TPSA) is 88.5 Å². The van der Waals surface area contributed by atoms with Gasteiger partial charge in [0, 0.05) is 12.1 Å². The van der Waals surface area contributed by atoms with E-state index in [0.717, 1.165) is 0 Å². The zero-order valence-electron chi connectivity index (χ0n) is 12.1. The van der Waals surface area contributed by atoms with Crippen LogP contribution in [0.3, 0.4) is 0 Å². The lowest BCUT2D eigenvalue weighted by atomic mass is 9.97. The quantitative estimate of drug-likeness (QED) is 0.304. The number of rotatable bonds is 0. The van der Waals surface area contributed by atoms with Gasteiger partial charge in [0.05, 0.1) is 32.3 Å². The Morgan fingerprint density at radius 3 is 1.32 bits per heavy atom. The van der Waals surface area contributed by atoms with Crippen LogP contribution in [0.4, 0.5) is 9.88 Å². The molecular formula is C12H12Cl6FN2O3P. The summed E-state index contributed by atoms with van der Waals surface area (Å²) in [5, 5.41) is 5.54. The third-order valence-electron chi connectivity index (χ3n) is 2.70. The summed E-state index contributed by atoms with van der Waals surface area (Å²) in [6, 6.07) is 8.94. The van der Waals surface area contributed by atoms with E-state index in [2.05, 4.69) is 4.98 Å². The fourth-order valence-corrected chi connectivity index (χ4v) is 3.88. The molecule has 1 aromatic carbocycles. The fraction of sp³-hybridized carbons (Fsp3) is 0.500. The van der Waals surface area contributed by atoms with Crippen LogP contribution in [0.5, 0.6) is 0 Å². The monoisotopic (exact) mass is 492 g/mol. The number of nitrogens with zero attached hydrogens (tertiary/aromatic N) is 2. The van der Waals surface area contributed by atoms with Crippen LogP contribution in [0.15, 0.2) is 30.3 Å². The molecule has 5 nitrogen and oxygen atoms in total. The number of hydrogen-bond acceptors (Lipinski definition) is 3. The summed E-state index contributed by atoms with van der Waals surface area (Å²) < 4.78 is 18.8. The van der Waals surface area contributed by atoms with Gasteiger partial charge in [-0.3, -0.25) is 4.57 Å². The highest BCUT2D eigenvalue weighted by Crippen LogP contribution is 2.39. The molecule has 1 unspecified atom stereocenters. The molecule has 142 valence electrons. The van der Waals surface area contributed by atoms with Gasteiger partial charge in [-0.15, -0.1) is 69.6 Å². The summed E-state index contributed by atoms with van der Waals surface area (Å²) >= 11 is 35.3.